The number of benzene rings is 1. The molecule has 1 unspecified atom stereocenters. The molecule has 2 rings (SSSR count). The van der Waals surface area contributed by atoms with Gasteiger partial charge in [0.25, 0.3) is 5.56 Å². The lowest BCUT2D eigenvalue weighted by atomic mass is 10.2. The van der Waals surface area contributed by atoms with Crippen LogP contribution in [0.2, 0.25) is 0 Å². The number of nitrogens with zero attached hydrogens (tertiary/aromatic N) is 2. The molecule has 0 fully saturated rings. The molecular weight excluding hydrogens is 276 g/mol. The molecule has 1 aromatic heterocycles. The summed E-state index contributed by atoms with van der Waals surface area (Å²) in [4.78, 5) is 17.1. The van der Waals surface area contributed by atoms with Crippen molar-refractivity contribution in [3.63, 3.8) is 0 Å². The molecule has 0 aliphatic rings. The number of thioether (sulfide) groups is 1. The van der Waals surface area contributed by atoms with Gasteiger partial charge in [0.15, 0.2) is 11.5 Å². The lowest BCUT2D eigenvalue weighted by Gasteiger charge is -2.15. The van der Waals surface area contributed by atoms with E-state index in [0.29, 0.717) is 22.4 Å². The zero-order valence-electron chi connectivity index (χ0n) is 12.3. The minimum absolute atomic E-state index is 0.0770. The van der Waals surface area contributed by atoms with E-state index < -0.39 is 0 Å². The van der Waals surface area contributed by atoms with Crippen LogP contribution < -0.4 is 15.0 Å². The highest BCUT2D eigenvalue weighted by Gasteiger charge is 2.16. The quantitative estimate of drug-likeness (QED) is 0.866. The Balaban J connectivity index is 2.80. The summed E-state index contributed by atoms with van der Waals surface area (Å²) in [6.07, 6.45) is 2.00. The van der Waals surface area contributed by atoms with Crippen LogP contribution in [0.3, 0.4) is 0 Å². The van der Waals surface area contributed by atoms with Gasteiger partial charge in [-0.2, -0.15) is 11.8 Å². The largest absolute Gasteiger partial charge is 0.493 e. The molecule has 0 aliphatic heterocycles. The molecule has 6 heteroatoms. The molecule has 108 valence electrons. The van der Waals surface area contributed by atoms with E-state index in [1.807, 2.05) is 13.2 Å². The van der Waals surface area contributed by atoms with E-state index in [0.717, 1.165) is 5.82 Å². The third-order valence-electron chi connectivity index (χ3n) is 3.33. The molecule has 0 saturated carbocycles. The van der Waals surface area contributed by atoms with E-state index in [-0.39, 0.29) is 10.8 Å². The first-order valence-electron chi connectivity index (χ1n) is 6.19. The van der Waals surface area contributed by atoms with E-state index >= 15 is 0 Å². The zero-order valence-corrected chi connectivity index (χ0v) is 13.1. The molecule has 0 saturated heterocycles. The summed E-state index contributed by atoms with van der Waals surface area (Å²) in [6, 6.07) is 3.42. The maximum Gasteiger partial charge on any atom is 0.261 e. The van der Waals surface area contributed by atoms with Gasteiger partial charge in [-0.15, -0.1) is 0 Å². The van der Waals surface area contributed by atoms with Crippen molar-refractivity contribution in [2.24, 2.45) is 7.05 Å². The zero-order chi connectivity index (χ0) is 14.9. The van der Waals surface area contributed by atoms with Crippen LogP contribution in [-0.4, -0.2) is 30.0 Å². The van der Waals surface area contributed by atoms with Gasteiger partial charge >= 0.3 is 0 Å². The number of hydrogen-bond acceptors (Lipinski definition) is 5. The molecule has 1 aromatic carbocycles. The first-order valence-corrected chi connectivity index (χ1v) is 7.47. The molecule has 2 aromatic rings. The summed E-state index contributed by atoms with van der Waals surface area (Å²) in [6.45, 7) is 2.03. The maximum atomic E-state index is 12.5. The summed E-state index contributed by atoms with van der Waals surface area (Å²) >= 11 is 1.65. The Bertz CT molecular complexity index is 697. The Morgan fingerprint density at radius 2 is 1.85 bits per heavy atom. The van der Waals surface area contributed by atoms with Crippen molar-refractivity contribution >= 4 is 22.7 Å². The second kappa shape index (κ2) is 5.75. The molecule has 0 amide bonds. The lowest BCUT2D eigenvalue weighted by molar-refractivity contribution is 0.355. The van der Waals surface area contributed by atoms with Gasteiger partial charge in [0.1, 0.15) is 5.82 Å². The normalized spacial score (nSPS) is 12.4. The Morgan fingerprint density at radius 1 is 1.25 bits per heavy atom. The number of hydrogen-bond donors (Lipinski definition) is 0. The third-order valence-corrected chi connectivity index (χ3v) is 4.25. The number of aromatic nitrogens is 2. The highest BCUT2D eigenvalue weighted by molar-refractivity contribution is 7.98. The van der Waals surface area contributed by atoms with Crippen molar-refractivity contribution < 1.29 is 9.47 Å². The van der Waals surface area contributed by atoms with Crippen molar-refractivity contribution in [1.82, 2.24) is 9.55 Å². The number of fused-ring (bicyclic) bond motifs is 1. The minimum atomic E-state index is -0.0770. The highest BCUT2D eigenvalue weighted by Crippen LogP contribution is 2.31. The van der Waals surface area contributed by atoms with Gasteiger partial charge in [0.05, 0.1) is 30.4 Å². The predicted molar refractivity (Wildman–Crippen MR) is 82.0 cm³/mol. The van der Waals surface area contributed by atoms with Crippen molar-refractivity contribution in [1.29, 1.82) is 0 Å². The summed E-state index contributed by atoms with van der Waals surface area (Å²) in [5, 5.41) is 0.674. The molecule has 0 bridgehead atoms. The standard InChI is InChI=1S/C14H18N2O3S/c1-8(20-5)13-15-10-7-12(19-4)11(18-3)6-9(10)14(17)16(13)2/h6-8H,1-5H3. The number of rotatable bonds is 4. The van der Waals surface area contributed by atoms with Gasteiger partial charge in [0, 0.05) is 13.1 Å². The van der Waals surface area contributed by atoms with Crippen LogP contribution in [0.4, 0.5) is 0 Å². The van der Waals surface area contributed by atoms with E-state index in [4.69, 9.17) is 9.47 Å². The molecule has 5 nitrogen and oxygen atoms in total. The van der Waals surface area contributed by atoms with Crippen LogP contribution in [0, 0.1) is 0 Å². The van der Waals surface area contributed by atoms with E-state index in [2.05, 4.69) is 4.98 Å². The molecule has 1 heterocycles. The molecule has 0 radical (unpaired) electrons. The van der Waals surface area contributed by atoms with Gasteiger partial charge in [0.2, 0.25) is 0 Å². The highest BCUT2D eigenvalue weighted by atomic mass is 32.2. The predicted octanol–water partition coefficient (Wildman–Crippen LogP) is 2.37. The van der Waals surface area contributed by atoms with Crippen molar-refractivity contribution in [3.8, 4) is 11.5 Å². The fourth-order valence-corrected chi connectivity index (χ4v) is 2.51. The molecule has 1 atom stereocenters. The Labute approximate surface area is 121 Å². The summed E-state index contributed by atoms with van der Waals surface area (Å²) < 4.78 is 12.1. The third kappa shape index (κ3) is 2.35. The van der Waals surface area contributed by atoms with Crippen molar-refractivity contribution in [2.75, 3.05) is 20.5 Å². The lowest BCUT2D eigenvalue weighted by Crippen LogP contribution is -2.23. The fourth-order valence-electron chi connectivity index (χ4n) is 2.08. The molecule has 0 aliphatic carbocycles. The van der Waals surface area contributed by atoms with Crippen LogP contribution in [0.25, 0.3) is 10.9 Å². The monoisotopic (exact) mass is 294 g/mol. The van der Waals surface area contributed by atoms with Crippen LogP contribution in [0.1, 0.15) is 18.0 Å². The maximum absolute atomic E-state index is 12.5. The van der Waals surface area contributed by atoms with E-state index in [1.165, 1.54) is 0 Å². The Kier molecular flexibility index (Phi) is 4.23. The van der Waals surface area contributed by atoms with Crippen LogP contribution in [0.5, 0.6) is 11.5 Å². The first kappa shape index (κ1) is 14.7. The molecular formula is C14H18N2O3S. The Morgan fingerprint density at radius 3 is 2.40 bits per heavy atom. The van der Waals surface area contributed by atoms with Crippen LogP contribution >= 0.6 is 11.8 Å². The fraction of sp³-hybridized carbons (Fsp3) is 0.429. The molecule has 0 N–H and O–H groups in total. The van der Waals surface area contributed by atoms with Gasteiger partial charge in [-0.1, -0.05) is 0 Å². The van der Waals surface area contributed by atoms with Gasteiger partial charge in [-0.25, -0.2) is 4.98 Å². The second-order valence-corrected chi connectivity index (χ2v) is 5.61. The SMILES string of the molecule is COc1cc2nc(C(C)SC)n(C)c(=O)c2cc1OC. The first-order chi connectivity index (χ1) is 9.53. The summed E-state index contributed by atoms with van der Waals surface area (Å²) in [5.41, 5.74) is 0.550. The minimum Gasteiger partial charge on any atom is -0.493 e. The van der Waals surface area contributed by atoms with Gasteiger partial charge in [-0.3, -0.25) is 9.36 Å². The average Bonchev–Trinajstić information content (AvgIpc) is 2.48. The van der Waals surface area contributed by atoms with Gasteiger partial charge in [-0.05, 0) is 19.2 Å². The second-order valence-electron chi connectivity index (χ2n) is 4.44. The molecule has 0 spiro atoms. The van der Waals surface area contributed by atoms with E-state index in [1.54, 1.807) is 49.7 Å². The molecule has 20 heavy (non-hydrogen) atoms. The smallest absolute Gasteiger partial charge is 0.261 e. The van der Waals surface area contributed by atoms with Crippen molar-refractivity contribution in [2.45, 2.75) is 12.2 Å². The van der Waals surface area contributed by atoms with Crippen LogP contribution in [0.15, 0.2) is 16.9 Å². The Hall–Kier alpha value is -1.69. The summed E-state index contributed by atoms with van der Waals surface area (Å²) in [7, 11) is 4.86. The summed E-state index contributed by atoms with van der Waals surface area (Å²) in [5.74, 6) is 1.86. The topological polar surface area (TPSA) is 53.4 Å². The van der Waals surface area contributed by atoms with E-state index in [9.17, 15) is 4.79 Å². The van der Waals surface area contributed by atoms with Crippen LogP contribution in [-0.2, 0) is 7.05 Å². The van der Waals surface area contributed by atoms with Crippen molar-refractivity contribution in [3.05, 3.63) is 28.3 Å². The number of methoxy groups -OCH3 is 2. The van der Waals surface area contributed by atoms with Gasteiger partial charge < -0.3 is 9.47 Å². The average molecular weight is 294 g/mol. The number of ether oxygens (including phenoxy) is 2.